The van der Waals surface area contributed by atoms with Crippen molar-refractivity contribution in [2.45, 2.75) is 25.4 Å². The molecule has 4 nitrogen and oxygen atoms in total. The van der Waals surface area contributed by atoms with Gasteiger partial charge in [0.1, 0.15) is 5.82 Å². The first kappa shape index (κ1) is 11.6. The second-order valence-electron chi connectivity index (χ2n) is 4.11. The van der Waals surface area contributed by atoms with E-state index in [0.717, 1.165) is 25.1 Å². The van der Waals surface area contributed by atoms with E-state index in [4.69, 9.17) is 17.3 Å². The van der Waals surface area contributed by atoms with Gasteiger partial charge in [-0.15, -0.1) is 0 Å². The van der Waals surface area contributed by atoms with Crippen LogP contribution >= 0.6 is 11.6 Å². The number of aromatic nitrogens is 1. The average Bonchev–Trinajstić information content (AvgIpc) is 2.71. The number of pyridine rings is 1. The number of nitrogens with zero attached hydrogens (tertiary/aromatic N) is 2. The van der Waals surface area contributed by atoms with Crippen LogP contribution in [0, 0.1) is 0 Å². The number of nitrogen functional groups attached to an aromatic ring is 1. The van der Waals surface area contributed by atoms with E-state index in [0.29, 0.717) is 17.4 Å². The van der Waals surface area contributed by atoms with Gasteiger partial charge >= 0.3 is 0 Å². The van der Waals surface area contributed by atoms with E-state index in [1.807, 2.05) is 0 Å². The first-order valence-corrected chi connectivity index (χ1v) is 5.84. The minimum Gasteiger partial charge on any atom is -0.395 e. The molecule has 1 aromatic rings. The third-order valence-electron chi connectivity index (χ3n) is 3.00. The van der Waals surface area contributed by atoms with Crippen LogP contribution in [0.3, 0.4) is 0 Å². The van der Waals surface area contributed by atoms with Gasteiger partial charge in [-0.2, -0.15) is 0 Å². The molecule has 1 unspecified atom stereocenters. The molecular weight excluding hydrogens is 226 g/mol. The highest BCUT2D eigenvalue weighted by Crippen LogP contribution is 2.22. The van der Waals surface area contributed by atoms with Crippen molar-refractivity contribution < 1.29 is 5.11 Å². The number of nitrogens with two attached hydrogens (primary N) is 1. The van der Waals surface area contributed by atoms with Crippen LogP contribution in [0.2, 0.25) is 5.02 Å². The lowest BCUT2D eigenvalue weighted by molar-refractivity contribution is 0.152. The summed E-state index contributed by atoms with van der Waals surface area (Å²) in [6, 6.07) is 3.70. The van der Waals surface area contributed by atoms with E-state index in [-0.39, 0.29) is 12.6 Å². The summed E-state index contributed by atoms with van der Waals surface area (Å²) in [6.07, 6.45) is 2.15. The Labute approximate surface area is 100 Å². The molecule has 1 fully saturated rings. The molecule has 1 aliphatic rings. The maximum Gasteiger partial charge on any atom is 0.123 e. The Morgan fingerprint density at radius 2 is 2.38 bits per heavy atom. The molecule has 3 N–H and O–H groups in total. The van der Waals surface area contributed by atoms with Crippen LogP contribution in [0.15, 0.2) is 12.1 Å². The molecule has 1 aromatic heterocycles. The quantitative estimate of drug-likeness (QED) is 0.837. The van der Waals surface area contributed by atoms with Gasteiger partial charge in [-0.1, -0.05) is 11.6 Å². The van der Waals surface area contributed by atoms with Gasteiger partial charge in [0.05, 0.1) is 17.3 Å². The monoisotopic (exact) mass is 241 g/mol. The topological polar surface area (TPSA) is 62.4 Å². The molecule has 1 aliphatic heterocycles. The zero-order chi connectivity index (χ0) is 11.5. The lowest BCUT2D eigenvalue weighted by atomic mass is 10.2. The van der Waals surface area contributed by atoms with Gasteiger partial charge in [-0.25, -0.2) is 4.98 Å². The number of hydrogen-bond donors (Lipinski definition) is 2. The Morgan fingerprint density at radius 3 is 3.12 bits per heavy atom. The molecule has 2 rings (SSSR count). The van der Waals surface area contributed by atoms with E-state index in [1.54, 1.807) is 12.1 Å². The number of rotatable bonds is 3. The molecule has 88 valence electrons. The van der Waals surface area contributed by atoms with Gasteiger partial charge in [0.25, 0.3) is 0 Å². The highest BCUT2D eigenvalue weighted by molar-refractivity contribution is 6.31. The first-order valence-electron chi connectivity index (χ1n) is 5.46. The summed E-state index contributed by atoms with van der Waals surface area (Å²) in [5.74, 6) is 0.485. The van der Waals surface area contributed by atoms with Gasteiger partial charge in [-0.3, -0.25) is 4.90 Å². The van der Waals surface area contributed by atoms with Crippen molar-refractivity contribution in [3.05, 3.63) is 22.8 Å². The van der Waals surface area contributed by atoms with Crippen LogP contribution in [0.1, 0.15) is 18.5 Å². The van der Waals surface area contributed by atoms with Crippen molar-refractivity contribution in [2.24, 2.45) is 0 Å². The molecule has 2 heterocycles. The van der Waals surface area contributed by atoms with Crippen molar-refractivity contribution in [1.29, 1.82) is 0 Å². The first-order chi connectivity index (χ1) is 7.70. The maximum atomic E-state index is 9.22. The summed E-state index contributed by atoms with van der Waals surface area (Å²) >= 11 is 6.06. The lowest BCUT2D eigenvalue weighted by Crippen LogP contribution is -2.32. The number of likely N-dealkylation sites (tertiary alicyclic amines) is 1. The predicted molar refractivity (Wildman–Crippen MR) is 64.2 cm³/mol. The van der Waals surface area contributed by atoms with Crippen LogP contribution in [-0.4, -0.2) is 34.2 Å². The van der Waals surface area contributed by atoms with Gasteiger partial charge in [0.15, 0.2) is 0 Å². The summed E-state index contributed by atoms with van der Waals surface area (Å²) in [6.45, 7) is 1.84. The molecule has 1 saturated heterocycles. The Hall–Kier alpha value is -0.840. The molecule has 16 heavy (non-hydrogen) atoms. The maximum absolute atomic E-state index is 9.22. The van der Waals surface area contributed by atoms with Crippen LogP contribution in [0.25, 0.3) is 0 Å². The highest BCUT2D eigenvalue weighted by atomic mass is 35.5. The zero-order valence-electron chi connectivity index (χ0n) is 9.06. The highest BCUT2D eigenvalue weighted by Gasteiger charge is 2.24. The fourth-order valence-corrected chi connectivity index (χ4v) is 2.28. The Balaban J connectivity index is 2.11. The zero-order valence-corrected chi connectivity index (χ0v) is 9.82. The fourth-order valence-electron chi connectivity index (χ4n) is 2.11. The molecule has 0 amide bonds. The molecule has 0 saturated carbocycles. The van der Waals surface area contributed by atoms with E-state index in [2.05, 4.69) is 9.88 Å². The van der Waals surface area contributed by atoms with E-state index in [9.17, 15) is 5.11 Å². The van der Waals surface area contributed by atoms with Crippen LogP contribution in [-0.2, 0) is 6.54 Å². The number of aliphatic hydroxyl groups is 1. The molecule has 0 aliphatic carbocycles. The van der Waals surface area contributed by atoms with Crippen LogP contribution < -0.4 is 5.73 Å². The summed E-state index contributed by atoms with van der Waals surface area (Å²) in [7, 11) is 0. The molecule has 5 heteroatoms. The van der Waals surface area contributed by atoms with Gasteiger partial charge < -0.3 is 10.8 Å². The lowest BCUT2D eigenvalue weighted by Gasteiger charge is -2.22. The minimum absolute atomic E-state index is 0.194. The SMILES string of the molecule is Nc1ccc(Cl)c(CN2CCCC2CO)n1. The number of aliphatic hydroxyl groups excluding tert-OH is 1. The third kappa shape index (κ3) is 2.45. The number of hydrogen-bond acceptors (Lipinski definition) is 4. The molecule has 0 radical (unpaired) electrons. The predicted octanol–water partition coefficient (Wildman–Crippen LogP) is 1.27. The van der Waals surface area contributed by atoms with Crippen molar-refractivity contribution in [1.82, 2.24) is 9.88 Å². The summed E-state index contributed by atoms with van der Waals surface area (Å²) in [5.41, 5.74) is 6.42. The van der Waals surface area contributed by atoms with Crippen LogP contribution in [0.4, 0.5) is 5.82 Å². The van der Waals surface area contributed by atoms with Crippen molar-refractivity contribution in [3.63, 3.8) is 0 Å². The standard InChI is InChI=1S/C11H16ClN3O/c12-9-3-4-11(13)14-10(9)6-15-5-1-2-8(15)7-16/h3-4,8,16H,1-2,5-7H2,(H2,13,14). The van der Waals surface area contributed by atoms with E-state index in [1.165, 1.54) is 0 Å². The summed E-state index contributed by atoms with van der Waals surface area (Å²) in [5, 5.41) is 9.86. The van der Waals surface area contributed by atoms with Crippen LogP contribution in [0.5, 0.6) is 0 Å². The normalized spacial score (nSPS) is 21.5. The van der Waals surface area contributed by atoms with Gasteiger partial charge in [0, 0.05) is 12.6 Å². The van der Waals surface area contributed by atoms with Gasteiger partial charge in [0.2, 0.25) is 0 Å². The van der Waals surface area contributed by atoms with E-state index < -0.39 is 0 Å². The third-order valence-corrected chi connectivity index (χ3v) is 3.35. The van der Waals surface area contributed by atoms with Crippen molar-refractivity contribution in [2.75, 3.05) is 18.9 Å². The Kier molecular flexibility index (Phi) is 3.63. The molecule has 0 spiro atoms. The Bertz CT molecular complexity index is 372. The summed E-state index contributed by atoms with van der Waals surface area (Å²) in [4.78, 5) is 6.43. The molecular formula is C11H16ClN3O. The smallest absolute Gasteiger partial charge is 0.123 e. The molecule has 1 atom stereocenters. The molecule has 0 aromatic carbocycles. The summed E-state index contributed by atoms with van der Waals surface area (Å²) < 4.78 is 0. The Morgan fingerprint density at radius 1 is 1.56 bits per heavy atom. The van der Waals surface area contributed by atoms with Crippen molar-refractivity contribution in [3.8, 4) is 0 Å². The van der Waals surface area contributed by atoms with Gasteiger partial charge in [-0.05, 0) is 31.5 Å². The second kappa shape index (κ2) is 4.99. The van der Waals surface area contributed by atoms with Crippen molar-refractivity contribution >= 4 is 17.4 Å². The largest absolute Gasteiger partial charge is 0.395 e. The number of halogens is 1. The average molecular weight is 242 g/mol. The number of anilines is 1. The fraction of sp³-hybridized carbons (Fsp3) is 0.545. The minimum atomic E-state index is 0.194. The second-order valence-corrected chi connectivity index (χ2v) is 4.52. The van der Waals surface area contributed by atoms with E-state index >= 15 is 0 Å². The molecule has 0 bridgehead atoms.